The molecule has 1 atom stereocenters. The van der Waals surface area contributed by atoms with Crippen LogP contribution in [0.25, 0.3) is 0 Å². The summed E-state index contributed by atoms with van der Waals surface area (Å²) in [5.41, 5.74) is 0.652. The van der Waals surface area contributed by atoms with Crippen LogP contribution in [-0.4, -0.2) is 22.2 Å². The van der Waals surface area contributed by atoms with Gasteiger partial charge in [-0.2, -0.15) is 0 Å². The zero-order valence-corrected chi connectivity index (χ0v) is 14.7. The molecule has 0 aliphatic rings. The molecule has 0 saturated heterocycles. The van der Waals surface area contributed by atoms with Gasteiger partial charge >= 0.3 is 5.97 Å². The van der Waals surface area contributed by atoms with E-state index in [1.807, 2.05) is 30.8 Å². The molecule has 0 aliphatic carbocycles. The number of aliphatic carboxylic acids is 1. The average Bonchev–Trinajstić information content (AvgIpc) is 2.41. The summed E-state index contributed by atoms with van der Waals surface area (Å²) in [6.45, 7) is 9.38. The third kappa shape index (κ3) is 5.37. The number of carboxylic acid groups (broad SMARTS) is 1. The quantitative estimate of drug-likeness (QED) is 0.733. The molecule has 0 aromatic heterocycles. The van der Waals surface area contributed by atoms with Crippen LogP contribution in [0.2, 0.25) is 0 Å². The Kier molecular flexibility index (Phi) is 6.48. The molecule has 5 heteroatoms. The van der Waals surface area contributed by atoms with E-state index in [9.17, 15) is 9.59 Å². The molecule has 1 unspecified atom stereocenters. The molecular weight excluding hydrogens is 298 g/mol. The minimum Gasteiger partial charge on any atom is -0.481 e. The second-order valence-corrected chi connectivity index (χ2v) is 7.74. The Labute approximate surface area is 136 Å². The van der Waals surface area contributed by atoms with Gasteiger partial charge in [-0.3, -0.25) is 9.59 Å². The van der Waals surface area contributed by atoms with Gasteiger partial charge in [0.15, 0.2) is 0 Å². The van der Waals surface area contributed by atoms with Gasteiger partial charge in [0.05, 0.1) is 5.41 Å². The van der Waals surface area contributed by atoms with Gasteiger partial charge in [0.2, 0.25) is 5.91 Å². The fourth-order valence-corrected chi connectivity index (χ4v) is 2.86. The third-order valence-electron chi connectivity index (χ3n) is 3.57. The number of hydrogen-bond donors (Lipinski definition) is 2. The number of aryl methyl sites for hydroxylation is 1. The van der Waals surface area contributed by atoms with Crippen LogP contribution in [0.5, 0.6) is 0 Å². The highest BCUT2D eigenvalue weighted by Gasteiger charge is 2.30. The molecule has 0 heterocycles. The molecule has 0 saturated carbocycles. The number of rotatable bonds is 7. The summed E-state index contributed by atoms with van der Waals surface area (Å²) < 4.78 is 0. The van der Waals surface area contributed by atoms with E-state index >= 15 is 0 Å². The van der Waals surface area contributed by atoms with Crippen LogP contribution in [0.3, 0.4) is 0 Å². The zero-order chi connectivity index (χ0) is 16.9. The molecule has 0 radical (unpaired) electrons. The van der Waals surface area contributed by atoms with Crippen LogP contribution in [0, 0.1) is 12.3 Å². The lowest BCUT2D eigenvalue weighted by molar-refractivity contribution is -0.148. The Hall–Kier alpha value is -1.49. The Balaban J connectivity index is 2.74. The molecule has 2 N–H and O–H groups in total. The summed E-state index contributed by atoms with van der Waals surface area (Å²) in [7, 11) is 0. The third-order valence-corrected chi connectivity index (χ3v) is 4.83. The van der Waals surface area contributed by atoms with Gasteiger partial charge in [-0.05, 0) is 51.0 Å². The molecule has 0 fully saturated rings. The van der Waals surface area contributed by atoms with Crippen molar-refractivity contribution in [2.75, 3.05) is 5.32 Å². The number of carbonyl (C=O) groups is 2. The largest absolute Gasteiger partial charge is 0.481 e. The maximum atomic E-state index is 12.0. The highest BCUT2D eigenvalue weighted by atomic mass is 32.2. The van der Waals surface area contributed by atoms with Crippen molar-refractivity contribution in [3.05, 3.63) is 23.8 Å². The maximum absolute atomic E-state index is 12.0. The van der Waals surface area contributed by atoms with Crippen LogP contribution in [0.15, 0.2) is 23.1 Å². The summed E-state index contributed by atoms with van der Waals surface area (Å²) in [5, 5.41) is 12.4. The van der Waals surface area contributed by atoms with E-state index < -0.39 is 11.4 Å². The summed E-state index contributed by atoms with van der Waals surface area (Å²) in [5.74, 6) is -1.25. The SMILES string of the molecule is CCC(C)Sc1ccc(NC(=O)CC(C)(C)C(=O)O)c(C)c1. The molecule has 1 aromatic carbocycles. The number of hydrogen-bond acceptors (Lipinski definition) is 3. The van der Waals surface area contributed by atoms with Crippen molar-refractivity contribution in [3.63, 3.8) is 0 Å². The van der Waals surface area contributed by atoms with E-state index in [-0.39, 0.29) is 12.3 Å². The first kappa shape index (κ1) is 18.6. The molecular formula is C17H25NO3S. The van der Waals surface area contributed by atoms with E-state index in [4.69, 9.17) is 5.11 Å². The fraction of sp³-hybridized carbons (Fsp3) is 0.529. The number of carboxylic acids is 1. The summed E-state index contributed by atoms with van der Waals surface area (Å²) >= 11 is 1.81. The predicted molar refractivity (Wildman–Crippen MR) is 91.5 cm³/mol. The van der Waals surface area contributed by atoms with Crippen molar-refractivity contribution in [1.82, 2.24) is 0 Å². The number of nitrogens with one attached hydrogen (secondary N) is 1. The second kappa shape index (κ2) is 7.68. The summed E-state index contributed by atoms with van der Waals surface area (Å²) in [6.07, 6.45) is 1.05. The second-order valence-electron chi connectivity index (χ2n) is 6.23. The molecule has 0 spiro atoms. The lowest BCUT2D eigenvalue weighted by atomic mass is 9.89. The van der Waals surface area contributed by atoms with E-state index in [0.717, 1.165) is 17.7 Å². The van der Waals surface area contributed by atoms with Gasteiger partial charge in [-0.1, -0.05) is 13.8 Å². The molecule has 22 heavy (non-hydrogen) atoms. The van der Waals surface area contributed by atoms with Gasteiger partial charge < -0.3 is 10.4 Å². The highest BCUT2D eigenvalue weighted by Crippen LogP contribution is 2.29. The first-order valence-electron chi connectivity index (χ1n) is 7.46. The lowest BCUT2D eigenvalue weighted by Gasteiger charge is -2.19. The topological polar surface area (TPSA) is 66.4 Å². The number of amides is 1. The molecule has 4 nitrogen and oxygen atoms in total. The average molecular weight is 323 g/mol. The Morgan fingerprint density at radius 3 is 2.50 bits per heavy atom. The van der Waals surface area contributed by atoms with Gasteiger partial charge in [0.25, 0.3) is 0 Å². The van der Waals surface area contributed by atoms with Crippen LogP contribution in [-0.2, 0) is 9.59 Å². The van der Waals surface area contributed by atoms with Crippen molar-refractivity contribution in [2.24, 2.45) is 5.41 Å². The Morgan fingerprint density at radius 1 is 1.36 bits per heavy atom. The number of anilines is 1. The van der Waals surface area contributed by atoms with Crippen LogP contribution < -0.4 is 5.32 Å². The molecule has 1 rings (SSSR count). The van der Waals surface area contributed by atoms with E-state index in [1.165, 1.54) is 4.90 Å². The van der Waals surface area contributed by atoms with Crippen molar-refractivity contribution >= 4 is 29.3 Å². The Morgan fingerprint density at radius 2 is 2.00 bits per heavy atom. The maximum Gasteiger partial charge on any atom is 0.309 e. The van der Waals surface area contributed by atoms with Crippen LogP contribution >= 0.6 is 11.8 Å². The molecule has 0 bridgehead atoms. The van der Waals surface area contributed by atoms with Gasteiger partial charge in [0.1, 0.15) is 0 Å². The molecule has 0 aliphatic heterocycles. The number of carbonyl (C=O) groups excluding carboxylic acids is 1. The minimum absolute atomic E-state index is 0.0505. The van der Waals surface area contributed by atoms with Crippen molar-refractivity contribution in [2.45, 2.75) is 57.6 Å². The first-order chi connectivity index (χ1) is 10.2. The van der Waals surface area contributed by atoms with Gasteiger partial charge in [-0.15, -0.1) is 11.8 Å². The summed E-state index contributed by atoms with van der Waals surface area (Å²) in [6, 6.07) is 5.92. The van der Waals surface area contributed by atoms with E-state index in [2.05, 4.69) is 25.2 Å². The minimum atomic E-state index is -1.07. The lowest BCUT2D eigenvalue weighted by Crippen LogP contribution is -2.29. The fourth-order valence-electron chi connectivity index (χ4n) is 1.84. The number of thioether (sulfide) groups is 1. The summed E-state index contributed by atoms with van der Waals surface area (Å²) in [4.78, 5) is 24.3. The standard InChI is InChI=1S/C17H25NO3S/c1-6-12(3)22-13-7-8-14(11(2)9-13)18-15(19)10-17(4,5)16(20)21/h7-9,12H,6,10H2,1-5H3,(H,18,19)(H,20,21). The van der Waals surface area contributed by atoms with Gasteiger partial charge in [0, 0.05) is 22.3 Å². The zero-order valence-electron chi connectivity index (χ0n) is 13.9. The normalized spacial score (nSPS) is 12.8. The first-order valence-corrected chi connectivity index (χ1v) is 8.34. The highest BCUT2D eigenvalue weighted by molar-refractivity contribution is 7.99. The van der Waals surface area contributed by atoms with Crippen molar-refractivity contribution < 1.29 is 14.7 Å². The van der Waals surface area contributed by atoms with Crippen LogP contribution in [0.4, 0.5) is 5.69 Å². The molecule has 1 amide bonds. The van der Waals surface area contributed by atoms with Crippen LogP contribution in [0.1, 0.15) is 46.1 Å². The Bertz CT molecular complexity index is 555. The van der Waals surface area contributed by atoms with Crippen molar-refractivity contribution in [1.29, 1.82) is 0 Å². The molecule has 1 aromatic rings. The van der Waals surface area contributed by atoms with Crippen molar-refractivity contribution in [3.8, 4) is 0 Å². The molecule has 122 valence electrons. The predicted octanol–water partition coefficient (Wildman–Crippen LogP) is 4.33. The van der Waals surface area contributed by atoms with E-state index in [0.29, 0.717) is 5.25 Å². The van der Waals surface area contributed by atoms with Gasteiger partial charge in [-0.25, -0.2) is 0 Å². The smallest absolute Gasteiger partial charge is 0.309 e. The van der Waals surface area contributed by atoms with E-state index in [1.54, 1.807) is 13.8 Å². The number of benzene rings is 1. The monoisotopic (exact) mass is 323 g/mol.